The van der Waals surface area contributed by atoms with Crippen molar-refractivity contribution >= 4 is 40.4 Å². The van der Waals surface area contributed by atoms with Gasteiger partial charge in [0.05, 0.1) is 0 Å². The van der Waals surface area contributed by atoms with Gasteiger partial charge in [-0.3, -0.25) is 0 Å². The third-order valence-corrected chi connectivity index (χ3v) is 22.5. The standard InChI is InChI=1S/C18H17O6PS2.Cs.H/c19-26(20,21)25(27(22,23)24,16-10-4-1-5-11-16,17-12-6-2-7-13-17)18-14-8-3-9-15-18;;/h1-15H,(H,19,20,21)(H,22,23,24);;/q;+1;-1. The molecule has 3 aromatic rings. The van der Waals surface area contributed by atoms with E-state index in [1.165, 1.54) is 72.8 Å². The second-order valence-electron chi connectivity index (χ2n) is 5.86. The summed E-state index contributed by atoms with van der Waals surface area (Å²) in [4.78, 5) is 0. The van der Waals surface area contributed by atoms with Crippen LogP contribution in [-0.4, -0.2) is 25.9 Å². The number of hydrogen-bond donors (Lipinski definition) is 2. The van der Waals surface area contributed by atoms with Gasteiger partial charge in [-0.2, -0.15) is 0 Å². The third kappa shape index (κ3) is 3.12. The summed E-state index contributed by atoms with van der Waals surface area (Å²) in [5.41, 5.74) is 0. The van der Waals surface area contributed by atoms with E-state index < -0.39 is 24.5 Å². The molecule has 0 bridgehead atoms. The van der Waals surface area contributed by atoms with Crippen LogP contribution in [0, 0.1) is 0 Å². The Morgan fingerprint density at radius 1 is 0.536 bits per heavy atom. The minimum absolute atomic E-state index is 0. The van der Waals surface area contributed by atoms with Gasteiger partial charge in [0.2, 0.25) is 0 Å². The van der Waals surface area contributed by atoms with Crippen LogP contribution in [0.25, 0.3) is 0 Å². The molecular formula is C18H18CsO6PS2. The molecule has 2 N–H and O–H groups in total. The van der Waals surface area contributed by atoms with E-state index in [1.54, 1.807) is 18.2 Å². The molecule has 0 heterocycles. The van der Waals surface area contributed by atoms with Crippen molar-refractivity contribution in [1.82, 2.24) is 0 Å². The number of hydrogen-bond acceptors (Lipinski definition) is 4. The summed E-state index contributed by atoms with van der Waals surface area (Å²) < 4.78 is 73.5. The second-order valence-corrected chi connectivity index (χ2v) is 19.0. The molecule has 0 fully saturated rings. The van der Waals surface area contributed by atoms with E-state index in [9.17, 15) is 25.9 Å². The summed E-state index contributed by atoms with van der Waals surface area (Å²) >= 11 is 0. The van der Waals surface area contributed by atoms with Crippen LogP contribution in [0.1, 0.15) is 1.43 Å². The molecule has 3 aromatic carbocycles. The molecule has 0 aliphatic carbocycles. The normalized spacial score (nSPS) is 13.7. The zero-order valence-corrected chi connectivity index (χ0v) is 23.8. The molecule has 0 unspecified atom stereocenters. The fourth-order valence-corrected chi connectivity index (χ4v) is 18.2. The van der Waals surface area contributed by atoms with Crippen molar-refractivity contribution in [1.29, 1.82) is 0 Å². The van der Waals surface area contributed by atoms with Crippen molar-refractivity contribution in [2.45, 2.75) is 0 Å². The van der Waals surface area contributed by atoms with Crippen LogP contribution in [0.15, 0.2) is 91.0 Å². The maximum atomic E-state index is 13.1. The van der Waals surface area contributed by atoms with Crippen LogP contribution < -0.4 is 84.8 Å². The van der Waals surface area contributed by atoms with Gasteiger partial charge in [0.25, 0.3) is 0 Å². The Hall–Kier alpha value is -0.0381. The first-order valence-corrected chi connectivity index (χ1v) is 14.1. The van der Waals surface area contributed by atoms with Gasteiger partial charge in [0, 0.05) is 0 Å². The molecule has 144 valence electrons. The van der Waals surface area contributed by atoms with Crippen molar-refractivity contribution in [3.63, 3.8) is 0 Å². The second kappa shape index (κ2) is 8.60. The minimum Gasteiger partial charge on any atom is -1.00 e. The van der Waals surface area contributed by atoms with Crippen molar-refractivity contribution in [3.05, 3.63) is 91.0 Å². The molecule has 10 heteroatoms. The SMILES string of the molecule is O=S(=O)(O)P(c1ccccc1)(c1ccccc1)(c1ccccc1)S(=O)(=O)O.[Cs+].[H-]. The van der Waals surface area contributed by atoms with Crippen molar-refractivity contribution in [2.75, 3.05) is 0 Å². The van der Waals surface area contributed by atoms with E-state index in [0.717, 1.165) is 0 Å². The van der Waals surface area contributed by atoms with Gasteiger partial charge >= 0.3 is 226 Å². The smallest absolute Gasteiger partial charge is 1.00 e. The maximum Gasteiger partial charge on any atom is 1.00 e. The van der Waals surface area contributed by atoms with Crippen molar-refractivity contribution in [2.24, 2.45) is 0 Å². The molecule has 0 radical (unpaired) electrons. The molecule has 0 saturated carbocycles. The van der Waals surface area contributed by atoms with Crippen molar-refractivity contribution in [3.8, 4) is 0 Å². The van der Waals surface area contributed by atoms with Gasteiger partial charge in [-0.05, 0) is 0 Å². The van der Waals surface area contributed by atoms with Crippen LogP contribution >= 0.6 is 5.01 Å². The van der Waals surface area contributed by atoms with E-state index >= 15 is 0 Å². The van der Waals surface area contributed by atoms with E-state index in [-0.39, 0.29) is 86.2 Å². The summed E-state index contributed by atoms with van der Waals surface area (Å²) in [5.74, 6) is 0. The monoisotopic (exact) mass is 558 g/mol. The third-order valence-electron chi connectivity index (χ3n) is 4.56. The van der Waals surface area contributed by atoms with Gasteiger partial charge in [0.15, 0.2) is 0 Å². The summed E-state index contributed by atoms with van der Waals surface area (Å²) in [5, 5.41) is -6.46. The summed E-state index contributed by atoms with van der Waals surface area (Å²) in [6, 6.07) is 21.2. The molecule has 6 nitrogen and oxygen atoms in total. The molecule has 0 aliphatic rings. The van der Waals surface area contributed by atoms with Gasteiger partial charge in [-0.25, -0.2) is 0 Å². The zero-order chi connectivity index (χ0) is 19.8. The summed E-state index contributed by atoms with van der Waals surface area (Å²) in [6.45, 7) is 0. The quantitative estimate of drug-likeness (QED) is 0.315. The Kier molecular flexibility index (Phi) is 7.45. The Labute approximate surface area is 224 Å². The van der Waals surface area contributed by atoms with Gasteiger partial charge in [-0.1, -0.05) is 0 Å². The largest absolute Gasteiger partial charge is 1.00 e. The van der Waals surface area contributed by atoms with Crippen LogP contribution in [0.5, 0.6) is 0 Å². The minimum atomic E-state index is -5.85. The Bertz CT molecular complexity index is 1040. The molecule has 0 aromatic heterocycles. The fourth-order valence-electron chi connectivity index (χ4n) is 3.46. The molecule has 3 rings (SSSR count). The van der Waals surface area contributed by atoms with E-state index in [0.29, 0.717) is 0 Å². The fraction of sp³-hybridized carbons (Fsp3) is 0. The van der Waals surface area contributed by atoms with Crippen LogP contribution in [-0.2, 0) is 19.5 Å². The molecule has 0 aliphatic heterocycles. The predicted octanol–water partition coefficient (Wildman–Crippen LogP) is -0.762. The molecular weight excluding hydrogens is 540 g/mol. The first-order valence-electron chi connectivity index (χ1n) is 7.80. The van der Waals surface area contributed by atoms with E-state index in [2.05, 4.69) is 0 Å². The maximum absolute atomic E-state index is 13.1. The average molecular weight is 558 g/mol. The van der Waals surface area contributed by atoms with Gasteiger partial charge in [0.1, 0.15) is 0 Å². The molecule has 28 heavy (non-hydrogen) atoms. The van der Waals surface area contributed by atoms with Crippen LogP contribution in [0.3, 0.4) is 0 Å². The average Bonchev–Trinajstić information content (AvgIpc) is 2.63. The Morgan fingerprint density at radius 3 is 0.929 bits per heavy atom. The Morgan fingerprint density at radius 2 is 0.750 bits per heavy atom. The summed E-state index contributed by atoms with van der Waals surface area (Å²) in [7, 11) is -10.8. The van der Waals surface area contributed by atoms with Gasteiger partial charge < -0.3 is 1.43 Å². The summed E-state index contributed by atoms with van der Waals surface area (Å²) in [6.07, 6.45) is 0. The van der Waals surface area contributed by atoms with E-state index in [1.807, 2.05) is 0 Å². The first kappa shape index (κ1) is 24.2. The predicted molar refractivity (Wildman–Crippen MR) is 109 cm³/mol. The van der Waals surface area contributed by atoms with Crippen LogP contribution in [0.4, 0.5) is 0 Å². The van der Waals surface area contributed by atoms with E-state index in [4.69, 9.17) is 0 Å². The zero-order valence-electron chi connectivity index (χ0n) is 16.0. The number of benzene rings is 3. The first-order chi connectivity index (χ1) is 12.7. The Balaban J connectivity index is 0.00000210. The van der Waals surface area contributed by atoms with Crippen LogP contribution in [0.2, 0.25) is 0 Å². The van der Waals surface area contributed by atoms with Gasteiger partial charge in [-0.15, -0.1) is 0 Å². The molecule has 0 atom stereocenters. The van der Waals surface area contributed by atoms with Crippen molar-refractivity contribution < 1.29 is 96.3 Å². The molecule has 0 saturated heterocycles. The topological polar surface area (TPSA) is 109 Å². The molecule has 0 spiro atoms. The number of rotatable bonds is 5. The molecule has 0 amide bonds.